The van der Waals surface area contributed by atoms with Crippen LogP contribution in [0.1, 0.15) is 13.3 Å². The van der Waals surface area contributed by atoms with E-state index in [0.29, 0.717) is 17.1 Å². The van der Waals surface area contributed by atoms with Gasteiger partial charge in [-0.2, -0.15) is 5.10 Å². The van der Waals surface area contributed by atoms with Gasteiger partial charge in [-0.05, 0) is 56.6 Å². The number of phenols is 1. The van der Waals surface area contributed by atoms with E-state index in [0.717, 1.165) is 18.7 Å². The Morgan fingerprint density at radius 2 is 2.07 bits per heavy atom. The third-order valence-corrected chi connectivity index (χ3v) is 6.92. The molecule has 156 valence electrons. The molecule has 3 aromatic rings. The largest absolute Gasteiger partial charge is 0.507 e. The fourth-order valence-electron chi connectivity index (χ4n) is 5.09. The number of piperidine rings is 1. The van der Waals surface area contributed by atoms with Gasteiger partial charge in [0.25, 0.3) is 0 Å². The summed E-state index contributed by atoms with van der Waals surface area (Å²) in [5, 5.41) is 23.3. The molecule has 1 saturated heterocycles. The monoisotopic (exact) mass is 408 g/mol. The summed E-state index contributed by atoms with van der Waals surface area (Å²) in [5.74, 6) is 1.02. The predicted octanol–water partition coefficient (Wildman–Crippen LogP) is 2.90. The SMILES string of the molecule is CN(c1ccc(-c2ccc(-n3cccn3)cc2O)nn1)[C@H]1[C@@H]2CN(C)[C@@](C)(C2)[C@H]1F. The van der Waals surface area contributed by atoms with E-state index in [1.165, 1.54) is 0 Å². The topological polar surface area (TPSA) is 70.3 Å². The highest BCUT2D eigenvalue weighted by Gasteiger charge is 2.60. The van der Waals surface area contributed by atoms with Gasteiger partial charge in [0.15, 0.2) is 5.82 Å². The van der Waals surface area contributed by atoms with E-state index in [1.807, 2.05) is 56.4 Å². The fraction of sp³-hybridized carbons (Fsp3) is 0.409. The maximum absolute atomic E-state index is 15.2. The number of likely N-dealkylation sites (tertiary alicyclic amines) is 1. The second kappa shape index (κ2) is 6.77. The lowest BCUT2D eigenvalue weighted by Crippen LogP contribution is -2.57. The number of aromatic nitrogens is 4. The molecule has 2 aliphatic rings. The summed E-state index contributed by atoms with van der Waals surface area (Å²) in [4.78, 5) is 4.06. The number of alkyl halides is 1. The number of fused-ring (bicyclic) bond motifs is 2. The smallest absolute Gasteiger partial charge is 0.151 e. The number of halogens is 1. The van der Waals surface area contributed by atoms with Crippen LogP contribution in [0.4, 0.5) is 10.2 Å². The Balaban J connectivity index is 1.37. The minimum Gasteiger partial charge on any atom is -0.507 e. The van der Waals surface area contributed by atoms with Gasteiger partial charge >= 0.3 is 0 Å². The Hall–Kier alpha value is -3.00. The summed E-state index contributed by atoms with van der Waals surface area (Å²) < 4.78 is 16.9. The fourth-order valence-corrected chi connectivity index (χ4v) is 5.09. The highest BCUT2D eigenvalue weighted by atomic mass is 19.1. The summed E-state index contributed by atoms with van der Waals surface area (Å²) in [6.07, 6.45) is 3.42. The number of hydrogen-bond donors (Lipinski definition) is 1. The van der Waals surface area contributed by atoms with Crippen LogP contribution in [0.2, 0.25) is 0 Å². The third kappa shape index (κ3) is 2.78. The molecule has 4 atom stereocenters. The normalized spacial score (nSPS) is 28.2. The third-order valence-electron chi connectivity index (χ3n) is 6.92. The average molecular weight is 408 g/mol. The van der Waals surface area contributed by atoms with Crippen LogP contribution in [-0.4, -0.2) is 68.4 Å². The highest BCUT2D eigenvalue weighted by Crippen LogP contribution is 2.49. The highest BCUT2D eigenvalue weighted by molar-refractivity contribution is 5.69. The molecule has 0 radical (unpaired) electrons. The molecule has 0 amide bonds. The maximum Gasteiger partial charge on any atom is 0.151 e. The summed E-state index contributed by atoms with van der Waals surface area (Å²) >= 11 is 0. The van der Waals surface area contributed by atoms with Crippen LogP contribution in [0.25, 0.3) is 16.9 Å². The van der Waals surface area contributed by atoms with Gasteiger partial charge in [-0.1, -0.05) is 0 Å². The molecule has 3 heterocycles. The Morgan fingerprint density at radius 3 is 2.67 bits per heavy atom. The number of anilines is 1. The summed E-state index contributed by atoms with van der Waals surface area (Å²) in [6, 6.07) is 10.6. The molecule has 1 aliphatic carbocycles. The molecular weight excluding hydrogens is 383 g/mol. The first-order valence-electron chi connectivity index (χ1n) is 10.1. The molecule has 7 nitrogen and oxygen atoms in total. The lowest BCUT2D eigenvalue weighted by Gasteiger charge is -2.42. The molecule has 2 bridgehead atoms. The minimum absolute atomic E-state index is 0.103. The van der Waals surface area contributed by atoms with E-state index in [9.17, 15) is 5.11 Å². The molecule has 8 heteroatoms. The number of benzene rings is 1. The van der Waals surface area contributed by atoms with E-state index in [-0.39, 0.29) is 17.7 Å². The van der Waals surface area contributed by atoms with Crippen LogP contribution < -0.4 is 4.90 Å². The van der Waals surface area contributed by atoms with Gasteiger partial charge in [-0.25, -0.2) is 9.07 Å². The van der Waals surface area contributed by atoms with Crippen molar-refractivity contribution < 1.29 is 9.50 Å². The van der Waals surface area contributed by atoms with E-state index >= 15 is 4.39 Å². The van der Waals surface area contributed by atoms with Crippen molar-refractivity contribution in [2.75, 3.05) is 25.5 Å². The summed E-state index contributed by atoms with van der Waals surface area (Å²) in [5.41, 5.74) is 1.51. The van der Waals surface area contributed by atoms with E-state index in [4.69, 9.17) is 0 Å². The van der Waals surface area contributed by atoms with Crippen LogP contribution in [0.5, 0.6) is 5.75 Å². The van der Waals surface area contributed by atoms with Gasteiger partial charge in [-0.3, -0.25) is 4.90 Å². The summed E-state index contributed by atoms with van der Waals surface area (Å²) in [7, 11) is 3.89. The Bertz CT molecular complexity index is 1060. The molecule has 30 heavy (non-hydrogen) atoms. The first kappa shape index (κ1) is 19.0. The lowest BCUT2D eigenvalue weighted by molar-refractivity contribution is 0.0572. The zero-order valence-corrected chi connectivity index (χ0v) is 17.3. The van der Waals surface area contributed by atoms with Gasteiger partial charge < -0.3 is 10.0 Å². The minimum atomic E-state index is -0.938. The molecule has 1 saturated carbocycles. The van der Waals surface area contributed by atoms with E-state index < -0.39 is 11.7 Å². The van der Waals surface area contributed by atoms with E-state index in [1.54, 1.807) is 23.0 Å². The molecule has 2 fully saturated rings. The molecule has 1 aromatic carbocycles. The average Bonchev–Trinajstić information content (AvgIpc) is 3.42. The van der Waals surface area contributed by atoms with Crippen LogP contribution in [0, 0.1) is 5.92 Å². The molecule has 1 aliphatic heterocycles. The molecule has 0 spiro atoms. The Kier molecular flexibility index (Phi) is 4.28. The standard InChI is InChI=1S/C22H25FN6O/c1-22-12-14(13-27(22)2)20(21(22)23)28(3)19-8-7-17(25-26-19)16-6-5-15(11-18(16)30)29-10-4-9-24-29/h4-11,14,20-21,30H,12-13H2,1-3H3/t14-,20-,21-,22-/m0/s1. The van der Waals surface area contributed by atoms with Gasteiger partial charge in [0, 0.05) is 37.6 Å². The molecule has 2 aromatic heterocycles. The van der Waals surface area contributed by atoms with E-state index in [2.05, 4.69) is 20.2 Å². The second-order valence-electron chi connectivity index (χ2n) is 8.63. The number of aromatic hydroxyl groups is 1. The van der Waals surface area contributed by atoms with Crippen molar-refractivity contribution in [3.8, 4) is 22.7 Å². The molecule has 1 N–H and O–H groups in total. The van der Waals surface area contributed by atoms with Crippen molar-refractivity contribution in [3.05, 3.63) is 48.8 Å². The number of rotatable bonds is 4. The van der Waals surface area contributed by atoms with Gasteiger partial charge in [0.1, 0.15) is 11.9 Å². The van der Waals surface area contributed by atoms with Crippen LogP contribution in [0.15, 0.2) is 48.8 Å². The maximum atomic E-state index is 15.2. The van der Waals surface area contributed by atoms with Crippen molar-refractivity contribution in [2.45, 2.75) is 31.1 Å². The van der Waals surface area contributed by atoms with Crippen molar-refractivity contribution in [2.24, 2.45) is 5.92 Å². The first-order chi connectivity index (χ1) is 14.4. The molecule has 0 unspecified atom stereocenters. The number of nitrogens with zero attached hydrogens (tertiary/aromatic N) is 6. The van der Waals surface area contributed by atoms with Crippen molar-refractivity contribution >= 4 is 5.82 Å². The number of phenolic OH excluding ortho intramolecular Hbond substituents is 1. The first-order valence-corrected chi connectivity index (χ1v) is 10.1. The van der Waals surface area contributed by atoms with Gasteiger partial charge in [0.05, 0.1) is 23.0 Å². The summed E-state index contributed by atoms with van der Waals surface area (Å²) in [6.45, 7) is 2.91. The van der Waals surface area contributed by atoms with Crippen LogP contribution in [-0.2, 0) is 0 Å². The van der Waals surface area contributed by atoms with Crippen molar-refractivity contribution in [1.29, 1.82) is 0 Å². The zero-order chi connectivity index (χ0) is 21.0. The van der Waals surface area contributed by atoms with Crippen LogP contribution >= 0.6 is 0 Å². The molecular formula is C22H25FN6O. The quantitative estimate of drug-likeness (QED) is 0.716. The predicted molar refractivity (Wildman–Crippen MR) is 112 cm³/mol. The van der Waals surface area contributed by atoms with Crippen LogP contribution in [0.3, 0.4) is 0 Å². The second-order valence-corrected chi connectivity index (χ2v) is 8.63. The Morgan fingerprint density at radius 1 is 1.23 bits per heavy atom. The van der Waals surface area contributed by atoms with Crippen molar-refractivity contribution in [3.63, 3.8) is 0 Å². The van der Waals surface area contributed by atoms with Crippen molar-refractivity contribution in [1.82, 2.24) is 24.9 Å². The number of hydrogen-bond acceptors (Lipinski definition) is 6. The van der Waals surface area contributed by atoms with Gasteiger partial charge in [0.2, 0.25) is 0 Å². The molecule has 5 rings (SSSR count). The lowest BCUT2D eigenvalue weighted by atomic mass is 9.95. The van der Waals surface area contributed by atoms with Gasteiger partial charge in [-0.15, -0.1) is 10.2 Å². The zero-order valence-electron chi connectivity index (χ0n) is 17.3. The Labute approximate surface area is 174 Å².